The first-order valence-corrected chi connectivity index (χ1v) is 8.50. The van der Waals surface area contributed by atoms with Crippen LogP contribution in [0.5, 0.6) is 0 Å². The number of nitrogens with zero attached hydrogens (tertiary/aromatic N) is 1. The molecule has 122 valence electrons. The first-order valence-electron chi connectivity index (χ1n) is 6.72. The first-order chi connectivity index (χ1) is 11.0. The van der Waals surface area contributed by atoms with E-state index in [4.69, 9.17) is 10.2 Å². The number of anilines is 1. The topological polar surface area (TPSA) is 88.6 Å². The van der Waals surface area contributed by atoms with Crippen molar-refractivity contribution >= 4 is 45.3 Å². The van der Waals surface area contributed by atoms with Gasteiger partial charge in [-0.1, -0.05) is 12.1 Å². The fourth-order valence-corrected chi connectivity index (χ4v) is 2.88. The number of thioether (sulfide) groups is 1. The van der Waals surface area contributed by atoms with Gasteiger partial charge in [-0.05, 0) is 40.2 Å². The monoisotopic (exact) mass is 397 g/mol. The van der Waals surface area contributed by atoms with E-state index in [1.807, 2.05) is 18.2 Å². The molecule has 0 fully saturated rings. The van der Waals surface area contributed by atoms with Crippen LogP contribution in [-0.2, 0) is 11.3 Å². The number of furan rings is 1. The Kier molecular flexibility index (Phi) is 6.12. The van der Waals surface area contributed by atoms with Crippen LogP contribution in [0, 0.1) is 0 Å². The number of amides is 3. The Balaban J connectivity index is 2.00. The van der Waals surface area contributed by atoms with Gasteiger partial charge in [-0.25, -0.2) is 4.79 Å². The highest BCUT2D eigenvalue weighted by Gasteiger charge is 2.13. The SMILES string of the molecule is CN(Cc1ccc(Br)o1)C(=O)Nc1ccccc1SCC(N)=O. The normalized spacial score (nSPS) is 10.3. The van der Waals surface area contributed by atoms with Gasteiger partial charge in [0.1, 0.15) is 5.76 Å². The van der Waals surface area contributed by atoms with Crippen LogP contribution < -0.4 is 11.1 Å². The molecule has 3 N–H and O–H groups in total. The lowest BCUT2D eigenvalue weighted by Crippen LogP contribution is -2.30. The number of hydrogen-bond acceptors (Lipinski definition) is 4. The van der Waals surface area contributed by atoms with E-state index in [0.717, 1.165) is 4.90 Å². The summed E-state index contributed by atoms with van der Waals surface area (Å²) in [6.45, 7) is 0.341. The van der Waals surface area contributed by atoms with E-state index in [2.05, 4.69) is 21.2 Å². The lowest BCUT2D eigenvalue weighted by Gasteiger charge is -2.18. The van der Waals surface area contributed by atoms with Gasteiger partial charge in [-0.15, -0.1) is 11.8 Å². The molecule has 0 unspecified atom stereocenters. The number of rotatable bonds is 6. The molecule has 2 aromatic rings. The molecule has 2 rings (SSSR count). The summed E-state index contributed by atoms with van der Waals surface area (Å²) in [4.78, 5) is 25.5. The third kappa shape index (κ3) is 5.33. The number of benzene rings is 1. The summed E-state index contributed by atoms with van der Waals surface area (Å²) in [5, 5.41) is 2.82. The van der Waals surface area contributed by atoms with Gasteiger partial charge < -0.3 is 20.4 Å². The van der Waals surface area contributed by atoms with Crippen LogP contribution in [0.15, 0.2) is 50.4 Å². The maximum Gasteiger partial charge on any atom is 0.322 e. The maximum atomic E-state index is 12.3. The highest BCUT2D eigenvalue weighted by Crippen LogP contribution is 2.27. The zero-order chi connectivity index (χ0) is 16.8. The van der Waals surface area contributed by atoms with Crippen molar-refractivity contribution in [1.82, 2.24) is 4.90 Å². The van der Waals surface area contributed by atoms with Gasteiger partial charge in [-0.2, -0.15) is 0 Å². The predicted molar refractivity (Wildman–Crippen MR) is 93.3 cm³/mol. The molecule has 1 heterocycles. The standard InChI is InChI=1S/C15H16BrN3O3S/c1-19(8-10-6-7-13(16)22-10)15(21)18-11-4-2-3-5-12(11)23-9-14(17)20/h2-7H,8-9H2,1H3,(H2,17,20)(H,18,21). The molecular weight excluding hydrogens is 382 g/mol. The first kappa shape index (κ1) is 17.4. The maximum absolute atomic E-state index is 12.3. The van der Waals surface area contributed by atoms with Gasteiger partial charge in [0.05, 0.1) is 18.0 Å². The van der Waals surface area contributed by atoms with E-state index in [1.54, 1.807) is 25.2 Å². The van der Waals surface area contributed by atoms with Crippen LogP contribution in [0.2, 0.25) is 0 Å². The molecule has 0 saturated carbocycles. The molecule has 3 amide bonds. The predicted octanol–water partition coefficient (Wildman–Crippen LogP) is 3.28. The van der Waals surface area contributed by atoms with Crippen LogP contribution >= 0.6 is 27.7 Å². The number of nitrogens with one attached hydrogen (secondary N) is 1. The largest absolute Gasteiger partial charge is 0.452 e. The van der Waals surface area contributed by atoms with Gasteiger partial charge in [0.15, 0.2) is 4.67 Å². The van der Waals surface area contributed by atoms with Gasteiger partial charge in [-0.3, -0.25) is 4.79 Å². The van der Waals surface area contributed by atoms with E-state index in [0.29, 0.717) is 22.7 Å². The van der Waals surface area contributed by atoms with Crippen LogP contribution in [0.25, 0.3) is 0 Å². The van der Waals surface area contributed by atoms with Crippen molar-refractivity contribution in [1.29, 1.82) is 0 Å². The Morgan fingerprint density at radius 1 is 1.30 bits per heavy atom. The van der Waals surface area contributed by atoms with Crippen molar-refractivity contribution in [3.8, 4) is 0 Å². The molecule has 8 heteroatoms. The Hall–Kier alpha value is -1.93. The van der Waals surface area contributed by atoms with E-state index in [-0.39, 0.29) is 11.8 Å². The molecule has 0 atom stereocenters. The van der Waals surface area contributed by atoms with Gasteiger partial charge >= 0.3 is 6.03 Å². The van der Waals surface area contributed by atoms with Crippen molar-refractivity contribution in [3.63, 3.8) is 0 Å². The molecule has 0 aliphatic carbocycles. The number of carbonyl (C=O) groups excluding carboxylic acids is 2. The average Bonchev–Trinajstić information content (AvgIpc) is 2.91. The molecule has 6 nitrogen and oxygen atoms in total. The summed E-state index contributed by atoms with van der Waals surface area (Å²) in [7, 11) is 1.67. The van der Waals surface area contributed by atoms with E-state index in [1.165, 1.54) is 16.7 Å². The third-order valence-corrected chi connectivity index (χ3v) is 4.39. The summed E-state index contributed by atoms with van der Waals surface area (Å²) < 4.78 is 6.00. The van der Waals surface area contributed by atoms with Gasteiger partial charge in [0.25, 0.3) is 0 Å². The van der Waals surface area contributed by atoms with Crippen molar-refractivity contribution in [3.05, 3.63) is 46.8 Å². The number of nitrogens with two attached hydrogens (primary N) is 1. The smallest absolute Gasteiger partial charge is 0.322 e. The molecule has 0 saturated heterocycles. The molecular formula is C15H16BrN3O3S. The Labute approximate surface area is 146 Å². The number of carbonyl (C=O) groups is 2. The molecule has 0 radical (unpaired) electrons. The van der Waals surface area contributed by atoms with Crippen molar-refractivity contribution < 1.29 is 14.0 Å². The average molecular weight is 398 g/mol. The lowest BCUT2D eigenvalue weighted by atomic mass is 10.3. The molecule has 0 aliphatic heterocycles. The van der Waals surface area contributed by atoms with Crippen LogP contribution in [0.4, 0.5) is 10.5 Å². The highest BCUT2D eigenvalue weighted by atomic mass is 79.9. The second-order valence-electron chi connectivity index (χ2n) is 4.74. The second kappa shape index (κ2) is 8.07. The molecule has 1 aromatic carbocycles. The van der Waals surface area contributed by atoms with E-state index < -0.39 is 5.91 Å². The number of para-hydroxylation sites is 1. The molecule has 0 bridgehead atoms. The number of halogens is 1. The van der Waals surface area contributed by atoms with Crippen molar-refractivity contribution in [2.24, 2.45) is 5.73 Å². The zero-order valence-corrected chi connectivity index (χ0v) is 14.8. The zero-order valence-electron chi connectivity index (χ0n) is 12.4. The summed E-state index contributed by atoms with van der Waals surface area (Å²) in [5.41, 5.74) is 5.79. The number of primary amides is 1. The van der Waals surface area contributed by atoms with E-state index in [9.17, 15) is 9.59 Å². The van der Waals surface area contributed by atoms with E-state index >= 15 is 0 Å². The minimum absolute atomic E-state index is 0.156. The third-order valence-electron chi connectivity index (χ3n) is 2.87. The summed E-state index contributed by atoms with van der Waals surface area (Å²) in [5.74, 6) is 0.422. The minimum atomic E-state index is -0.406. The van der Waals surface area contributed by atoms with Gasteiger partial charge in [0.2, 0.25) is 5.91 Å². The summed E-state index contributed by atoms with van der Waals surface area (Å²) in [6.07, 6.45) is 0. The van der Waals surface area contributed by atoms with Crippen LogP contribution in [-0.4, -0.2) is 29.6 Å². The quantitative estimate of drug-likeness (QED) is 0.731. The Morgan fingerprint density at radius 2 is 2.04 bits per heavy atom. The van der Waals surface area contributed by atoms with Gasteiger partial charge in [0, 0.05) is 11.9 Å². The molecule has 0 spiro atoms. The fourth-order valence-electron chi connectivity index (χ4n) is 1.80. The fraction of sp³-hybridized carbons (Fsp3) is 0.200. The number of hydrogen-bond donors (Lipinski definition) is 2. The Bertz CT molecular complexity index is 705. The number of urea groups is 1. The molecule has 0 aliphatic rings. The second-order valence-corrected chi connectivity index (χ2v) is 6.54. The van der Waals surface area contributed by atoms with Crippen LogP contribution in [0.3, 0.4) is 0 Å². The van der Waals surface area contributed by atoms with Crippen molar-refractivity contribution in [2.45, 2.75) is 11.4 Å². The molecule has 1 aromatic heterocycles. The lowest BCUT2D eigenvalue weighted by molar-refractivity contribution is -0.115. The summed E-state index contributed by atoms with van der Waals surface area (Å²) in [6, 6.07) is 10.5. The minimum Gasteiger partial charge on any atom is -0.452 e. The Morgan fingerprint density at radius 3 is 2.70 bits per heavy atom. The van der Waals surface area contributed by atoms with Crippen LogP contribution in [0.1, 0.15) is 5.76 Å². The highest BCUT2D eigenvalue weighted by molar-refractivity contribution is 9.10. The molecule has 23 heavy (non-hydrogen) atoms. The van der Waals surface area contributed by atoms with Crippen molar-refractivity contribution in [2.75, 3.05) is 18.1 Å². The summed E-state index contributed by atoms with van der Waals surface area (Å²) >= 11 is 4.51.